The first-order valence-corrected chi connectivity index (χ1v) is 8.99. The van der Waals surface area contributed by atoms with Crippen LogP contribution in [0.15, 0.2) is 42.0 Å². The number of ketones is 1. The number of ether oxygens (including phenoxy) is 1. The number of allylic oxidation sites excluding steroid dienone is 2. The molecule has 0 unspecified atom stereocenters. The summed E-state index contributed by atoms with van der Waals surface area (Å²) in [6, 6.07) is 10.5. The summed E-state index contributed by atoms with van der Waals surface area (Å²) in [7, 11) is 0. The molecule has 2 aliphatic carbocycles. The average Bonchev–Trinajstić information content (AvgIpc) is 3.04. The molecule has 4 rings (SSSR count). The van der Waals surface area contributed by atoms with Crippen LogP contribution in [0.4, 0.5) is 0 Å². The van der Waals surface area contributed by atoms with Crippen LogP contribution in [0.3, 0.4) is 0 Å². The molecule has 140 valence electrons. The predicted octanol–water partition coefficient (Wildman–Crippen LogP) is 2.61. The van der Waals surface area contributed by atoms with Gasteiger partial charge in [-0.05, 0) is 59.0 Å². The smallest absolute Gasteiger partial charge is 0.193 e. The fourth-order valence-electron chi connectivity index (χ4n) is 4.08. The first-order chi connectivity index (χ1) is 12.8. The zero-order valence-corrected chi connectivity index (χ0v) is 15.3. The van der Waals surface area contributed by atoms with Gasteiger partial charge in [0, 0.05) is 16.6 Å². The second kappa shape index (κ2) is 6.22. The molecule has 0 fully saturated rings. The van der Waals surface area contributed by atoms with E-state index < -0.39 is 6.10 Å². The third kappa shape index (κ3) is 2.74. The number of phenolic OH excluding ortho intramolecular Hbond substituents is 1. The van der Waals surface area contributed by atoms with E-state index in [2.05, 4.69) is 13.8 Å². The summed E-state index contributed by atoms with van der Waals surface area (Å²) < 4.78 is 5.57. The normalized spacial score (nSPS) is 18.0. The molecular formula is C22H22O5. The molecule has 0 saturated heterocycles. The highest BCUT2D eigenvalue weighted by molar-refractivity contribution is 6.33. The van der Waals surface area contributed by atoms with E-state index >= 15 is 0 Å². The summed E-state index contributed by atoms with van der Waals surface area (Å²) >= 11 is 0. The van der Waals surface area contributed by atoms with Gasteiger partial charge in [-0.2, -0.15) is 0 Å². The molecule has 0 aromatic heterocycles. The highest BCUT2D eigenvalue weighted by Crippen LogP contribution is 2.50. The molecule has 0 bridgehead atoms. The van der Waals surface area contributed by atoms with Crippen molar-refractivity contribution in [3.63, 3.8) is 0 Å². The van der Waals surface area contributed by atoms with E-state index in [4.69, 9.17) is 9.84 Å². The Hall–Kier alpha value is -2.63. The molecule has 2 aromatic carbocycles. The lowest BCUT2D eigenvalue weighted by Gasteiger charge is -2.34. The number of carbonyl (C=O) groups is 1. The number of aliphatic hydroxyl groups excluding tert-OH is 2. The quantitative estimate of drug-likeness (QED) is 0.774. The van der Waals surface area contributed by atoms with Gasteiger partial charge in [-0.25, -0.2) is 0 Å². The zero-order valence-electron chi connectivity index (χ0n) is 15.3. The molecule has 2 aromatic rings. The van der Waals surface area contributed by atoms with Crippen molar-refractivity contribution in [2.45, 2.75) is 31.8 Å². The standard InChI is InChI=1S/C22H22O5/c1-22(2)18-9-15(27-11-14(25)10-23)4-6-17(18)21(26)20-16-5-3-13(24)7-12(16)8-19(20)22/h3-7,9,14,23-25H,8,10-11H2,1-2H3/t14-/m1/s1. The number of Topliss-reactive ketones (excluding diaryl/α,β-unsaturated/α-hetero) is 1. The fraction of sp³-hybridized carbons (Fsp3) is 0.318. The number of carbonyl (C=O) groups excluding carboxylic acids is 1. The van der Waals surface area contributed by atoms with Gasteiger partial charge in [0.25, 0.3) is 0 Å². The maximum Gasteiger partial charge on any atom is 0.193 e. The zero-order chi connectivity index (χ0) is 19.3. The minimum absolute atomic E-state index is 0.00860. The number of benzene rings is 2. The lowest BCUT2D eigenvalue weighted by atomic mass is 9.68. The molecule has 27 heavy (non-hydrogen) atoms. The Morgan fingerprint density at radius 2 is 1.89 bits per heavy atom. The Kier molecular flexibility index (Phi) is 4.09. The van der Waals surface area contributed by atoms with Gasteiger partial charge < -0.3 is 20.1 Å². The Labute approximate surface area is 157 Å². The largest absolute Gasteiger partial charge is 0.508 e. The van der Waals surface area contributed by atoms with E-state index in [-0.39, 0.29) is 30.2 Å². The highest BCUT2D eigenvalue weighted by atomic mass is 16.5. The van der Waals surface area contributed by atoms with Gasteiger partial charge in [-0.1, -0.05) is 19.9 Å². The van der Waals surface area contributed by atoms with Gasteiger partial charge in [0.1, 0.15) is 24.2 Å². The number of hydrogen-bond donors (Lipinski definition) is 3. The Morgan fingerprint density at radius 1 is 1.15 bits per heavy atom. The first kappa shape index (κ1) is 17.8. The van der Waals surface area contributed by atoms with Crippen LogP contribution in [0.1, 0.15) is 40.9 Å². The number of phenols is 1. The van der Waals surface area contributed by atoms with E-state index in [1.54, 1.807) is 24.3 Å². The van der Waals surface area contributed by atoms with Crippen LogP contribution in [-0.4, -0.2) is 40.4 Å². The molecule has 5 nitrogen and oxygen atoms in total. The first-order valence-electron chi connectivity index (χ1n) is 8.99. The summed E-state index contributed by atoms with van der Waals surface area (Å²) in [5.41, 5.74) is 4.83. The second-order valence-corrected chi connectivity index (χ2v) is 7.68. The predicted molar refractivity (Wildman–Crippen MR) is 101 cm³/mol. The van der Waals surface area contributed by atoms with Crippen molar-refractivity contribution in [1.82, 2.24) is 0 Å². The molecule has 0 radical (unpaired) electrons. The van der Waals surface area contributed by atoms with Crippen molar-refractivity contribution in [1.29, 1.82) is 0 Å². The maximum atomic E-state index is 13.2. The van der Waals surface area contributed by atoms with Crippen LogP contribution in [0.2, 0.25) is 0 Å². The lowest BCUT2D eigenvalue weighted by molar-refractivity contribution is 0.0535. The summed E-state index contributed by atoms with van der Waals surface area (Å²) in [6.07, 6.45) is -0.312. The molecule has 3 N–H and O–H groups in total. The Balaban J connectivity index is 1.76. The van der Waals surface area contributed by atoms with Crippen LogP contribution in [-0.2, 0) is 11.8 Å². The highest BCUT2D eigenvalue weighted by Gasteiger charge is 2.42. The third-order valence-electron chi connectivity index (χ3n) is 5.57. The molecule has 0 spiro atoms. The summed E-state index contributed by atoms with van der Waals surface area (Å²) in [4.78, 5) is 13.2. The number of aliphatic hydroxyl groups is 2. The molecular weight excluding hydrogens is 344 g/mol. The minimum Gasteiger partial charge on any atom is -0.508 e. The molecule has 0 saturated carbocycles. The van der Waals surface area contributed by atoms with Crippen molar-refractivity contribution in [2.75, 3.05) is 13.2 Å². The molecule has 0 heterocycles. The van der Waals surface area contributed by atoms with Crippen molar-refractivity contribution >= 4 is 11.4 Å². The molecule has 1 atom stereocenters. The van der Waals surface area contributed by atoms with Crippen molar-refractivity contribution in [2.24, 2.45) is 0 Å². The van der Waals surface area contributed by atoms with E-state index in [9.17, 15) is 15.0 Å². The second-order valence-electron chi connectivity index (χ2n) is 7.68. The van der Waals surface area contributed by atoms with Gasteiger partial charge in [-0.15, -0.1) is 0 Å². The number of rotatable bonds is 4. The van der Waals surface area contributed by atoms with Gasteiger partial charge in [0.15, 0.2) is 5.78 Å². The molecule has 0 amide bonds. The average molecular weight is 366 g/mol. The summed E-state index contributed by atoms with van der Waals surface area (Å²) in [5.74, 6) is 0.750. The van der Waals surface area contributed by atoms with Crippen LogP contribution >= 0.6 is 0 Å². The van der Waals surface area contributed by atoms with Crippen LogP contribution in [0.25, 0.3) is 5.57 Å². The van der Waals surface area contributed by atoms with Crippen LogP contribution in [0, 0.1) is 0 Å². The number of fused-ring (bicyclic) bond motifs is 3. The fourth-order valence-corrected chi connectivity index (χ4v) is 4.08. The third-order valence-corrected chi connectivity index (χ3v) is 5.57. The summed E-state index contributed by atoms with van der Waals surface area (Å²) in [5, 5.41) is 28.2. The van der Waals surface area contributed by atoms with Gasteiger partial charge in [0.05, 0.1) is 6.61 Å². The van der Waals surface area contributed by atoms with Crippen LogP contribution in [0.5, 0.6) is 11.5 Å². The monoisotopic (exact) mass is 366 g/mol. The molecule has 5 heteroatoms. The van der Waals surface area contributed by atoms with Gasteiger partial charge >= 0.3 is 0 Å². The molecule has 0 aliphatic heterocycles. The maximum absolute atomic E-state index is 13.2. The van der Waals surface area contributed by atoms with Gasteiger partial charge in [-0.3, -0.25) is 4.79 Å². The van der Waals surface area contributed by atoms with E-state index in [0.29, 0.717) is 17.7 Å². The van der Waals surface area contributed by atoms with Crippen molar-refractivity contribution in [3.8, 4) is 11.5 Å². The Bertz CT molecular complexity index is 971. The topological polar surface area (TPSA) is 87.0 Å². The van der Waals surface area contributed by atoms with Gasteiger partial charge in [0.2, 0.25) is 0 Å². The lowest BCUT2D eigenvalue weighted by Crippen LogP contribution is -2.30. The minimum atomic E-state index is -0.943. The SMILES string of the molecule is CC1(C)C2=C(C(=O)c3ccc(OC[C@H](O)CO)cc31)c1ccc(O)cc1C2. The Morgan fingerprint density at radius 3 is 2.63 bits per heavy atom. The van der Waals surface area contributed by atoms with E-state index in [1.165, 1.54) is 0 Å². The van der Waals surface area contributed by atoms with Crippen molar-refractivity contribution in [3.05, 3.63) is 64.2 Å². The van der Waals surface area contributed by atoms with E-state index in [0.717, 1.165) is 27.8 Å². The number of hydrogen-bond acceptors (Lipinski definition) is 5. The molecule has 2 aliphatic rings. The van der Waals surface area contributed by atoms with E-state index in [1.807, 2.05) is 12.1 Å². The van der Waals surface area contributed by atoms with Crippen molar-refractivity contribution < 1.29 is 24.9 Å². The van der Waals surface area contributed by atoms with Crippen LogP contribution < -0.4 is 4.74 Å². The number of aromatic hydroxyl groups is 1. The summed E-state index contributed by atoms with van der Waals surface area (Å²) in [6.45, 7) is 3.80.